The highest BCUT2D eigenvalue weighted by Gasteiger charge is 2.35. The van der Waals surface area contributed by atoms with E-state index >= 15 is 0 Å². The van der Waals surface area contributed by atoms with Crippen molar-refractivity contribution < 1.29 is 13.2 Å². The summed E-state index contributed by atoms with van der Waals surface area (Å²) in [6.07, 6.45) is -4.86. The highest BCUT2D eigenvalue weighted by atomic mass is 35.5. The number of tetrazole rings is 1. The quantitative estimate of drug-likeness (QED) is 0.431. The molecule has 0 aliphatic heterocycles. The highest BCUT2D eigenvalue weighted by Crippen LogP contribution is 2.29. The lowest BCUT2D eigenvalue weighted by Gasteiger charge is -2.14. The van der Waals surface area contributed by atoms with E-state index in [9.17, 15) is 22.8 Å². The zero-order valence-corrected chi connectivity index (χ0v) is 18.2. The van der Waals surface area contributed by atoms with E-state index in [1.807, 2.05) is 0 Å². The smallest absolute Gasteiger partial charge is 0.292 e. The maximum Gasteiger partial charge on any atom is 0.431 e. The van der Waals surface area contributed by atoms with Crippen molar-refractivity contribution in [3.8, 4) is 17.1 Å². The van der Waals surface area contributed by atoms with Crippen LogP contribution in [0.3, 0.4) is 0 Å². The number of hydrogen-bond acceptors (Lipinski definition) is 5. The number of benzene rings is 2. The molecule has 0 atom stereocenters. The van der Waals surface area contributed by atoms with Crippen molar-refractivity contribution in [3.05, 3.63) is 90.7 Å². The van der Waals surface area contributed by atoms with Crippen LogP contribution in [0.1, 0.15) is 11.3 Å². The topological polar surface area (TPSA) is 87.6 Å². The molecule has 0 N–H and O–H groups in total. The van der Waals surface area contributed by atoms with E-state index in [2.05, 4.69) is 15.5 Å². The average molecular weight is 497 g/mol. The van der Waals surface area contributed by atoms with Crippen LogP contribution in [0.25, 0.3) is 17.1 Å². The normalized spacial score (nSPS) is 11.7. The number of hydrogen-bond donors (Lipinski definition) is 0. The molecule has 2 aromatic carbocycles. The SMILES string of the molecule is Cn1c(C(F)(F)F)cc(=O)n(-c2ccc(Cl)c(-c3nnnn3Cc3ccc(Cl)cc3)c2)c1=O. The van der Waals surface area contributed by atoms with Gasteiger partial charge in [0.2, 0.25) is 0 Å². The van der Waals surface area contributed by atoms with Crippen molar-refractivity contribution in [2.75, 3.05) is 0 Å². The molecule has 0 saturated carbocycles. The van der Waals surface area contributed by atoms with Crippen LogP contribution in [-0.2, 0) is 19.8 Å². The zero-order chi connectivity index (χ0) is 23.9. The first-order valence-electron chi connectivity index (χ1n) is 9.27. The Kier molecular flexibility index (Phi) is 5.85. The van der Waals surface area contributed by atoms with Gasteiger partial charge >= 0.3 is 11.9 Å². The summed E-state index contributed by atoms with van der Waals surface area (Å²) in [6, 6.07) is 11.5. The van der Waals surface area contributed by atoms with Crippen molar-refractivity contribution in [1.82, 2.24) is 29.3 Å². The minimum atomic E-state index is -4.86. The highest BCUT2D eigenvalue weighted by molar-refractivity contribution is 6.33. The van der Waals surface area contributed by atoms with Crippen molar-refractivity contribution >= 4 is 23.2 Å². The fourth-order valence-corrected chi connectivity index (χ4v) is 3.55. The molecule has 0 aliphatic rings. The van der Waals surface area contributed by atoms with Crippen LogP contribution in [0.2, 0.25) is 10.0 Å². The van der Waals surface area contributed by atoms with Gasteiger partial charge in [-0.05, 0) is 46.3 Å². The lowest BCUT2D eigenvalue weighted by molar-refractivity contribution is -0.144. The van der Waals surface area contributed by atoms with Crippen LogP contribution in [0.5, 0.6) is 0 Å². The summed E-state index contributed by atoms with van der Waals surface area (Å²) in [4.78, 5) is 25.1. The Morgan fingerprint density at radius 1 is 1.00 bits per heavy atom. The van der Waals surface area contributed by atoms with Crippen LogP contribution in [0, 0.1) is 0 Å². The lowest BCUT2D eigenvalue weighted by Crippen LogP contribution is -2.40. The van der Waals surface area contributed by atoms with Gasteiger partial charge in [0.05, 0.1) is 17.3 Å². The Balaban J connectivity index is 1.81. The van der Waals surface area contributed by atoms with Gasteiger partial charge in [-0.1, -0.05) is 35.3 Å². The standard InChI is InChI=1S/C20H13Cl2F3N6O2/c1-29-16(20(23,24)25)9-17(32)31(19(29)33)13-6-7-15(22)14(8-13)18-26-27-28-30(18)10-11-2-4-12(21)5-3-11/h2-9H,10H2,1H3. The minimum absolute atomic E-state index is 0.00904. The number of rotatable bonds is 4. The molecule has 170 valence electrons. The molecule has 8 nitrogen and oxygen atoms in total. The molecule has 33 heavy (non-hydrogen) atoms. The molecule has 13 heteroatoms. The van der Waals surface area contributed by atoms with E-state index in [1.54, 1.807) is 24.3 Å². The molecule has 4 rings (SSSR count). The number of nitrogens with zero attached hydrogens (tertiary/aromatic N) is 6. The summed E-state index contributed by atoms with van der Waals surface area (Å²) >= 11 is 12.2. The largest absolute Gasteiger partial charge is 0.431 e. The van der Waals surface area contributed by atoms with E-state index < -0.39 is 23.1 Å². The molecular formula is C20H13Cl2F3N6O2. The molecule has 0 spiro atoms. The number of aromatic nitrogens is 6. The van der Waals surface area contributed by atoms with Crippen LogP contribution >= 0.6 is 23.2 Å². The second-order valence-corrected chi connectivity index (χ2v) is 7.84. The molecule has 2 heterocycles. The summed E-state index contributed by atoms with van der Waals surface area (Å²) in [5, 5.41) is 12.4. The van der Waals surface area contributed by atoms with Crippen LogP contribution < -0.4 is 11.2 Å². The third-order valence-electron chi connectivity index (χ3n) is 4.84. The van der Waals surface area contributed by atoms with Gasteiger partial charge < -0.3 is 0 Å². The van der Waals surface area contributed by atoms with Gasteiger partial charge in [0.1, 0.15) is 5.69 Å². The second-order valence-electron chi connectivity index (χ2n) is 6.99. The second kappa shape index (κ2) is 8.49. The van der Waals surface area contributed by atoms with Crippen molar-refractivity contribution in [3.63, 3.8) is 0 Å². The summed E-state index contributed by atoms with van der Waals surface area (Å²) < 4.78 is 41.8. The van der Waals surface area contributed by atoms with E-state index in [1.165, 1.54) is 22.9 Å². The van der Waals surface area contributed by atoms with Gasteiger partial charge in [-0.15, -0.1) is 5.10 Å². The minimum Gasteiger partial charge on any atom is -0.292 e. The molecular weight excluding hydrogens is 484 g/mol. The Bertz CT molecular complexity index is 1460. The van der Waals surface area contributed by atoms with Gasteiger partial charge in [-0.3, -0.25) is 9.36 Å². The third kappa shape index (κ3) is 4.41. The van der Waals surface area contributed by atoms with Crippen LogP contribution in [0.15, 0.2) is 58.1 Å². The summed E-state index contributed by atoms with van der Waals surface area (Å²) in [5.41, 5.74) is -2.53. The molecule has 0 saturated heterocycles. The van der Waals surface area contributed by atoms with Gasteiger partial charge in [-0.2, -0.15) is 13.2 Å². The molecule has 0 fully saturated rings. The predicted molar refractivity (Wildman–Crippen MR) is 115 cm³/mol. The van der Waals surface area contributed by atoms with Crippen molar-refractivity contribution in [2.45, 2.75) is 12.7 Å². The maximum absolute atomic E-state index is 13.1. The first-order chi connectivity index (χ1) is 15.6. The van der Waals surface area contributed by atoms with E-state index in [-0.39, 0.29) is 28.6 Å². The Labute approximate surface area is 193 Å². The number of halogens is 5. The predicted octanol–water partition coefficient (Wildman–Crippen LogP) is 3.56. The molecule has 0 unspecified atom stereocenters. The summed E-state index contributed by atoms with van der Waals surface area (Å²) in [7, 11) is 0.935. The Hall–Kier alpha value is -3.44. The molecule has 0 radical (unpaired) electrons. The Morgan fingerprint density at radius 2 is 1.70 bits per heavy atom. The van der Waals surface area contributed by atoms with Gasteiger partial charge in [0.15, 0.2) is 5.82 Å². The fraction of sp³-hybridized carbons (Fsp3) is 0.150. The van der Waals surface area contributed by atoms with E-state index in [4.69, 9.17) is 23.2 Å². The molecule has 4 aromatic rings. The summed E-state index contributed by atoms with van der Waals surface area (Å²) in [6.45, 7) is 0.266. The first kappa shape index (κ1) is 22.7. The van der Waals surface area contributed by atoms with E-state index in [0.29, 0.717) is 20.2 Å². The first-order valence-corrected chi connectivity index (χ1v) is 10.0. The average Bonchev–Trinajstić information content (AvgIpc) is 3.20. The summed E-state index contributed by atoms with van der Waals surface area (Å²) in [5.74, 6) is 0.230. The van der Waals surface area contributed by atoms with Gasteiger partial charge in [0, 0.05) is 23.7 Å². The fourth-order valence-electron chi connectivity index (χ4n) is 3.23. The molecule has 0 bridgehead atoms. The van der Waals surface area contributed by atoms with Crippen molar-refractivity contribution in [2.24, 2.45) is 7.05 Å². The number of alkyl halides is 3. The monoisotopic (exact) mass is 496 g/mol. The molecule has 0 amide bonds. The zero-order valence-electron chi connectivity index (χ0n) is 16.7. The van der Waals surface area contributed by atoms with Crippen LogP contribution in [-0.4, -0.2) is 29.3 Å². The van der Waals surface area contributed by atoms with Gasteiger partial charge in [-0.25, -0.2) is 14.0 Å². The Morgan fingerprint density at radius 3 is 2.36 bits per heavy atom. The van der Waals surface area contributed by atoms with Gasteiger partial charge in [0.25, 0.3) is 5.56 Å². The van der Waals surface area contributed by atoms with Crippen molar-refractivity contribution in [1.29, 1.82) is 0 Å². The third-order valence-corrected chi connectivity index (χ3v) is 5.42. The molecule has 0 aliphatic carbocycles. The molecule has 2 aromatic heterocycles. The lowest BCUT2D eigenvalue weighted by atomic mass is 10.1. The van der Waals surface area contributed by atoms with E-state index in [0.717, 1.165) is 12.6 Å². The maximum atomic E-state index is 13.1. The van der Waals surface area contributed by atoms with Crippen LogP contribution in [0.4, 0.5) is 13.2 Å².